The average molecular weight is 662 g/mol. The fourth-order valence-corrected chi connectivity index (χ4v) is 5.12. The van der Waals surface area contributed by atoms with E-state index in [1.54, 1.807) is 0 Å². The summed E-state index contributed by atoms with van der Waals surface area (Å²) in [7, 11) is 0. The van der Waals surface area contributed by atoms with Crippen molar-refractivity contribution in [3.63, 3.8) is 0 Å². The number of aliphatic hydroxyl groups is 3. The van der Waals surface area contributed by atoms with Crippen LogP contribution in [0.3, 0.4) is 0 Å². The molecule has 0 saturated heterocycles. The number of hydrogen-bond acceptors (Lipinski definition) is 5. The summed E-state index contributed by atoms with van der Waals surface area (Å²) in [6.07, 6.45) is -33.4. The first-order chi connectivity index (χ1) is 17.4. The van der Waals surface area contributed by atoms with Crippen molar-refractivity contribution in [3.8, 4) is 0 Å². The van der Waals surface area contributed by atoms with Crippen LogP contribution in [0, 0.1) is 5.41 Å². The van der Waals surface area contributed by atoms with Crippen molar-refractivity contribution in [2.24, 2.45) is 5.41 Å². The molecule has 0 aromatic carbocycles. The smallest absolute Gasteiger partial charge is 0.335 e. The average Bonchev–Trinajstić information content (AvgIpc) is 2.67. The number of carbonyl (C=O) groups is 1. The van der Waals surface area contributed by atoms with Crippen molar-refractivity contribution < 1.29 is 117 Å². The predicted molar refractivity (Wildman–Crippen MR) is 74.0 cm³/mol. The number of hydrogen-bond donors (Lipinski definition) is 3. The van der Waals surface area contributed by atoms with Crippen LogP contribution in [0.2, 0.25) is 0 Å². The number of alkyl halides is 21. The molecule has 4 aliphatic rings. The van der Waals surface area contributed by atoms with Gasteiger partial charge in [-0.15, -0.1) is 0 Å². The van der Waals surface area contributed by atoms with Crippen molar-refractivity contribution in [2.75, 3.05) is 0 Å². The lowest BCUT2D eigenvalue weighted by Gasteiger charge is -2.72. The Labute approximate surface area is 206 Å². The molecule has 4 bridgehead atoms. The summed E-state index contributed by atoms with van der Waals surface area (Å²) in [4.78, 5) is 11.6. The van der Waals surface area contributed by atoms with Crippen LogP contribution >= 0.6 is 0 Å². The number of rotatable bonds is 6. The summed E-state index contributed by atoms with van der Waals surface area (Å²) in [5, 5.41) is 24.7. The van der Waals surface area contributed by atoms with Gasteiger partial charge in [0.1, 0.15) is 0 Å². The van der Waals surface area contributed by atoms with Gasteiger partial charge >= 0.3 is 76.5 Å². The van der Waals surface area contributed by atoms with E-state index in [0.29, 0.717) is 0 Å². The van der Waals surface area contributed by atoms with E-state index in [-0.39, 0.29) is 0 Å². The number of ketones is 1. The molecule has 0 aromatic heterocycles. The van der Waals surface area contributed by atoms with Crippen LogP contribution in [0.4, 0.5) is 92.2 Å². The van der Waals surface area contributed by atoms with Gasteiger partial charge in [-0.1, -0.05) is 0 Å². The molecule has 0 spiro atoms. The molecule has 41 heavy (non-hydrogen) atoms. The Kier molecular flexibility index (Phi) is 5.77. The minimum absolute atomic E-state index is 1.52. The number of Topliss-reactive ketones (excluding diaryl/α,β-unsaturated/α-hetero) is 1. The fraction of sp³-hybridized carbons (Fsp3) is 0.933. The SMILES string of the molecule is O=C1C2(F)C(F)(F)C3(F)C(F)(F)C1(F)C(F)(F)C(OC(F)(F)C(C(O)(F)F)(C(O)(F)F)C(O)(F)F)(C2(F)F)C3(F)F. The molecule has 0 radical (unpaired) electrons. The second kappa shape index (κ2) is 7.05. The van der Waals surface area contributed by atoms with Gasteiger partial charge in [0.15, 0.2) is 0 Å². The van der Waals surface area contributed by atoms with Gasteiger partial charge in [-0.25, -0.2) is 13.2 Å². The number of ether oxygens (including phenoxy) is 1. The lowest BCUT2D eigenvalue weighted by atomic mass is 9.41. The van der Waals surface area contributed by atoms with Crippen molar-refractivity contribution in [2.45, 2.75) is 76.7 Å². The summed E-state index contributed by atoms with van der Waals surface area (Å²) in [5.41, 5.74) is -41.9. The van der Waals surface area contributed by atoms with Gasteiger partial charge in [0.2, 0.25) is 5.78 Å². The molecule has 5 nitrogen and oxygen atoms in total. The Balaban J connectivity index is 2.67. The van der Waals surface area contributed by atoms with Gasteiger partial charge in [0, 0.05) is 0 Å². The molecule has 4 rings (SSSR count). The quantitative estimate of drug-likeness (QED) is 0.375. The summed E-state index contributed by atoms with van der Waals surface area (Å²) in [5.74, 6) is -47.9. The lowest BCUT2D eigenvalue weighted by molar-refractivity contribution is -0.610. The molecule has 0 heterocycles. The lowest BCUT2D eigenvalue weighted by Crippen LogP contribution is -3.08. The van der Waals surface area contributed by atoms with Crippen molar-refractivity contribution in [3.05, 3.63) is 0 Å². The maximum absolute atomic E-state index is 14.9. The highest BCUT2D eigenvalue weighted by Gasteiger charge is 3.20. The van der Waals surface area contributed by atoms with Gasteiger partial charge in [-0.3, -0.25) is 9.53 Å². The predicted octanol–water partition coefficient (Wildman–Crippen LogP) is 3.99. The Bertz CT molecular complexity index is 1100. The maximum atomic E-state index is 14.9. The van der Waals surface area contributed by atoms with E-state index in [9.17, 15) is 97.0 Å². The Morgan fingerprint density at radius 1 is 0.488 bits per heavy atom. The van der Waals surface area contributed by atoms with Crippen molar-refractivity contribution in [1.29, 1.82) is 0 Å². The topological polar surface area (TPSA) is 87.0 Å². The third-order valence-electron chi connectivity index (χ3n) is 7.05. The van der Waals surface area contributed by atoms with E-state index in [0.717, 1.165) is 0 Å². The second-order valence-corrected chi connectivity index (χ2v) is 8.85. The first-order valence-electron chi connectivity index (χ1n) is 9.25. The van der Waals surface area contributed by atoms with E-state index in [1.165, 1.54) is 4.74 Å². The highest BCUT2D eigenvalue weighted by molar-refractivity contribution is 6.04. The molecule has 4 fully saturated rings. The van der Waals surface area contributed by atoms with Crippen molar-refractivity contribution >= 4 is 5.78 Å². The highest BCUT2D eigenvalue weighted by atomic mass is 19.3. The zero-order chi connectivity index (χ0) is 33.3. The first-order valence-corrected chi connectivity index (χ1v) is 9.25. The van der Waals surface area contributed by atoms with Crippen LogP contribution < -0.4 is 0 Å². The highest BCUT2D eigenvalue weighted by Crippen LogP contribution is 2.85. The minimum atomic E-state index is -8.97. The monoisotopic (exact) mass is 662 g/mol. The Morgan fingerprint density at radius 3 is 1.00 bits per heavy atom. The van der Waals surface area contributed by atoms with Crippen LogP contribution in [-0.4, -0.2) is 97.8 Å². The van der Waals surface area contributed by atoms with E-state index in [4.69, 9.17) is 15.3 Å². The summed E-state index contributed by atoms with van der Waals surface area (Å²) in [6, 6.07) is 0. The molecular formula is C15H3F21O5. The Hall–Kier alpha value is -1.96. The van der Waals surface area contributed by atoms with Crippen LogP contribution in [0.1, 0.15) is 0 Å². The summed E-state index contributed by atoms with van der Waals surface area (Å²) < 4.78 is 303. The summed E-state index contributed by atoms with van der Waals surface area (Å²) >= 11 is 0. The Morgan fingerprint density at radius 2 is 0.756 bits per heavy atom. The van der Waals surface area contributed by atoms with E-state index >= 15 is 0 Å². The summed E-state index contributed by atoms with van der Waals surface area (Å²) in [6.45, 7) is 0. The molecule has 3 N–H and O–H groups in total. The maximum Gasteiger partial charge on any atom is 0.388 e. The normalized spacial score (nSPS) is 39.3. The molecule has 0 aromatic rings. The van der Waals surface area contributed by atoms with Crippen LogP contribution in [0.25, 0.3) is 0 Å². The molecule has 0 aliphatic heterocycles. The third kappa shape index (κ3) is 2.45. The zero-order valence-electron chi connectivity index (χ0n) is 17.6. The van der Waals surface area contributed by atoms with Gasteiger partial charge in [0.05, 0.1) is 0 Å². The molecule has 0 amide bonds. The van der Waals surface area contributed by atoms with Crippen molar-refractivity contribution in [1.82, 2.24) is 0 Å². The fourth-order valence-electron chi connectivity index (χ4n) is 5.12. The molecule has 240 valence electrons. The van der Waals surface area contributed by atoms with E-state index in [2.05, 4.69) is 0 Å². The molecule has 4 saturated carbocycles. The largest absolute Gasteiger partial charge is 0.388 e. The van der Waals surface area contributed by atoms with Gasteiger partial charge in [-0.05, 0) is 0 Å². The van der Waals surface area contributed by atoms with Crippen LogP contribution in [0.5, 0.6) is 0 Å². The standard InChI is InChI=1S/C15H3F21O5/c16-2-1(37)3(17)8(21,22)5(18,7(2,19)20)11(27,28)6(9(2,23)24,10(3,25)26)41-15(35,36)4(12(29,30)38,13(31,32)39)14(33,34)40/h38-40H. The molecule has 26 heteroatoms. The number of halogens is 21. The molecule has 4 aliphatic carbocycles. The van der Waals surface area contributed by atoms with Crippen LogP contribution in [-0.2, 0) is 9.53 Å². The van der Waals surface area contributed by atoms with Gasteiger partial charge < -0.3 is 15.3 Å². The first kappa shape index (κ1) is 33.5. The van der Waals surface area contributed by atoms with Crippen LogP contribution in [0.15, 0.2) is 0 Å². The van der Waals surface area contributed by atoms with E-state index in [1.807, 2.05) is 0 Å². The third-order valence-corrected chi connectivity index (χ3v) is 7.05. The zero-order valence-corrected chi connectivity index (χ0v) is 17.6. The minimum Gasteiger partial charge on any atom is -0.335 e. The van der Waals surface area contributed by atoms with Gasteiger partial charge in [-0.2, -0.15) is 79.0 Å². The molecular weight excluding hydrogens is 659 g/mol. The molecule has 2 atom stereocenters. The van der Waals surface area contributed by atoms with Gasteiger partial charge in [0.25, 0.3) is 5.60 Å². The number of carbonyl (C=O) groups excluding carboxylic acids is 1. The second-order valence-electron chi connectivity index (χ2n) is 8.85. The molecule has 2 unspecified atom stereocenters. The van der Waals surface area contributed by atoms with E-state index < -0.39 is 87.9 Å².